The number of nitrogens with zero attached hydrogens (tertiary/aromatic N) is 1. The maximum atomic E-state index is 12.5. The lowest BCUT2D eigenvalue weighted by atomic mass is 10.3. The number of aliphatic hydroxyl groups excluding tert-OH is 2. The number of anilines is 1. The molecule has 0 unspecified atom stereocenters. The Labute approximate surface area is 132 Å². The Morgan fingerprint density at radius 2 is 1.95 bits per heavy atom. The number of sulfonamides is 2. The third-order valence-electron chi connectivity index (χ3n) is 3.18. The smallest absolute Gasteiger partial charge is 0.247 e. The largest absolute Gasteiger partial charge is 0.395 e. The molecule has 1 aromatic rings. The van der Waals surface area contributed by atoms with E-state index in [1.807, 2.05) is 0 Å². The summed E-state index contributed by atoms with van der Waals surface area (Å²) in [6.45, 7) is -1.39. The molecule has 0 spiro atoms. The summed E-state index contributed by atoms with van der Waals surface area (Å²) in [5, 5.41) is 25.8. The molecule has 0 saturated heterocycles. The maximum Gasteiger partial charge on any atom is 0.247 e. The van der Waals surface area contributed by atoms with Gasteiger partial charge in [0.1, 0.15) is 9.79 Å². The quantitative estimate of drug-likeness (QED) is 0.514. The number of benzene rings is 1. The lowest BCUT2D eigenvalue weighted by Crippen LogP contribution is -2.49. The first-order valence-electron chi connectivity index (χ1n) is 5.96. The van der Waals surface area contributed by atoms with Crippen molar-refractivity contribution in [3.63, 3.8) is 0 Å². The molecule has 0 radical (unpaired) electrons. The van der Waals surface area contributed by atoms with Crippen LogP contribution in [0.3, 0.4) is 0 Å². The Morgan fingerprint density at radius 3 is 2.45 bits per heavy atom. The van der Waals surface area contributed by atoms with Gasteiger partial charge < -0.3 is 15.5 Å². The molecule has 1 aliphatic heterocycles. The van der Waals surface area contributed by atoms with Crippen LogP contribution in [0.2, 0.25) is 5.02 Å². The van der Waals surface area contributed by atoms with Crippen molar-refractivity contribution in [3.8, 4) is 0 Å². The molecular weight excluding hydrogens is 358 g/mol. The molecule has 9 nitrogen and oxygen atoms in total. The van der Waals surface area contributed by atoms with Crippen molar-refractivity contribution in [1.82, 2.24) is 4.31 Å². The number of hydrogen-bond acceptors (Lipinski definition) is 7. The average molecular weight is 372 g/mol. The number of primary sulfonamides is 1. The minimum Gasteiger partial charge on any atom is -0.395 e. The Kier molecular flexibility index (Phi) is 4.69. The topological polar surface area (TPSA) is 150 Å². The molecule has 124 valence electrons. The van der Waals surface area contributed by atoms with Gasteiger partial charge >= 0.3 is 0 Å². The molecule has 0 aliphatic carbocycles. The van der Waals surface area contributed by atoms with Gasteiger partial charge in [0.25, 0.3) is 0 Å². The van der Waals surface area contributed by atoms with E-state index in [0.717, 1.165) is 16.4 Å². The van der Waals surface area contributed by atoms with Gasteiger partial charge in [0.05, 0.1) is 36.6 Å². The van der Waals surface area contributed by atoms with Crippen molar-refractivity contribution in [2.45, 2.75) is 15.8 Å². The predicted molar refractivity (Wildman–Crippen MR) is 78.3 cm³/mol. The lowest BCUT2D eigenvalue weighted by Gasteiger charge is -2.33. The molecule has 0 bridgehead atoms. The van der Waals surface area contributed by atoms with Gasteiger partial charge in [-0.05, 0) is 12.1 Å². The first-order chi connectivity index (χ1) is 10.1. The second kappa shape index (κ2) is 5.92. The summed E-state index contributed by atoms with van der Waals surface area (Å²) in [5.74, 6) is 0. The number of rotatable bonds is 4. The molecule has 1 aliphatic rings. The van der Waals surface area contributed by atoms with Gasteiger partial charge in [0.15, 0.2) is 0 Å². The Balaban J connectivity index is 2.64. The van der Waals surface area contributed by atoms with E-state index in [2.05, 4.69) is 5.32 Å². The highest BCUT2D eigenvalue weighted by Crippen LogP contribution is 2.35. The number of nitrogens with one attached hydrogen (secondary N) is 1. The minimum atomic E-state index is -4.21. The highest BCUT2D eigenvalue weighted by Gasteiger charge is 2.37. The third kappa shape index (κ3) is 2.93. The van der Waals surface area contributed by atoms with Crippen LogP contribution in [0.1, 0.15) is 0 Å². The van der Waals surface area contributed by atoms with Crippen LogP contribution in [0.15, 0.2) is 21.9 Å². The van der Waals surface area contributed by atoms with Crippen molar-refractivity contribution < 1.29 is 27.0 Å². The fourth-order valence-corrected chi connectivity index (χ4v) is 4.91. The second-order valence-electron chi connectivity index (χ2n) is 4.57. The fourth-order valence-electron chi connectivity index (χ4n) is 2.04. The molecule has 5 N–H and O–H groups in total. The average Bonchev–Trinajstić information content (AvgIpc) is 2.40. The van der Waals surface area contributed by atoms with Crippen molar-refractivity contribution in [3.05, 3.63) is 17.2 Å². The second-order valence-corrected chi connectivity index (χ2v) is 8.37. The molecule has 1 aromatic carbocycles. The maximum absolute atomic E-state index is 12.5. The van der Waals surface area contributed by atoms with E-state index >= 15 is 0 Å². The summed E-state index contributed by atoms with van der Waals surface area (Å²) in [5.41, 5.74) is 0.114. The van der Waals surface area contributed by atoms with E-state index in [1.165, 1.54) is 0 Å². The summed E-state index contributed by atoms with van der Waals surface area (Å²) in [4.78, 5) is -0.872. The van der Waals surface area contributed by atoms with Crippen molar-refractivity contribution in [1.29, 1.82) is 0 Å². The molecule has 0 atom stereocenters. The molecular formula is C10H14ClN3O6S2. The zero-order valence-electron chi connectivity index (χ0n) is 11.1. The van der Waals surface area contributed by atoms with Crippen LogP contribution in [0.5, 0.6) is 0 Å². The molecule has 12 heteroatoms. The van der Waals surface area contributed by atoms with Gasteiger partial charge in [-0.25, -0.2) is 22.0 Å². The first-order valence-corrected chi connectivity index (χ1v) is 9.33. The zero-order valence-corrected chi connectivity index (χ0v) is 13.5. The molecule has 2 rings (SSSR count). The third-order valence-corrected chi connectivity index (χ3v) is 6.50. The van der Waals surface area contributed by atoms with Gasteiger partial charge in [-0.3, -0.25) is 0 Å². The summed E-state index contributed by atoms with van der Waals surface area (Å²) in [6, 6.07) is 0.949. The van der Waals surface area contributed by atoms with Gasteiger partial charge in [-0.15, -0.1) is 0 Å². The van der Waals surface area contributed by atoms with E-state index in [-0.39, 0.29) is 22.3 Å². The summed E-state index contributed by atoms with van der Waals surface area (Å²) >= 11 is 5.80. The Hall–Kier alpha value is -0.950. The van der Waals surface area contributed by atoms with Gasteiger partial charge in [0.2, 0.25) is 20.0 Å². The van der Waals surface area contributed by atoms with Crippen LogP contribution >= 0.6 is 11.6 Å². The summed E-state index contributed by atoms with van der Waals surface area (Å²) in [7, 11) is -8.34. The molecule has 0 fully saturated rings. The Morgan fingerprint density at radius 1 is 1.36 bits per heavy atom. The Bertz CT molecular complexity index is 791. The van der Waals surface area contributed by atoms with E-state index in [9.17, 15) is 16.8 Å². The molecule has 0 saturated carbocycles. The van der Waals surface area contributed by atoms with E-state index < -0.39 is 44.2 Å². The van der Waals surface area contributed by atoms with Crippen LogP contribution in [-0.4, -0.2) is 57.3 Å². The van der Waals surface area contributed by atoms with Crippen LogP contribution in [0.25, 0.3) is 0 Å². The standard InChI is InChI=1S/C10H14ClN3O6S2/c11-7-1-8-10(2-9(7)21(12,17)18)22(19,20)14(5-13-8)6(3-15)4-16/h1-2,6,13,15-16H,3-5H2,(H2,12,17,18). The van der Waals surface area contributed by atoms with Crippen LogP contribution in [0.4, 0.5) is 5.69 Å². The fraction of sp³-hybridized carbons (Fsp3) is 0.400. The molecule has 0 amide bonds. The van der Waals surface area contributed by atoms with E-state index in [0.29, 0.717) is 0 Å². The van der Waals surface area contributed by atoms with Crippen molar-refractivity contribution >= 4 is 37.3 Å². The van der Waals surface area contributed by atoms with Crippen molar-refractivity contribution in [2.24, 2.45) is 5.14 Å². The number of aliphatic hydroxyl groups is 2. The predicted octanol–water partition coefficient (Wildman–Crippen LogP) is -1.29. The summed E-state index contributed by atoms with van der Waals surface area (Å²) in [6.07, 6.45) is 0. The van der Waals surface area contributed by atoms with Crippen LogP contribution < -0.4 is 10.5 Å². The highest BCUT2D eigenvalue weighted by molar-refractivity contribution is 7.90. The van der Waals surface area contributed by atoms with Gasteiger partial charge in [-0.1, -0.05) is 11.6 Å². The molecule has 22 heavy (non-hydrogen) atoms. The highest BCUT2D eigenvalue weighted by atomic mass is 35.5. The summed E-state index contributed by atoms with van der Waals surface area (Å²) < 4.78 is 48.8. The normalized spacial score (nSPS) is 18.0. The zero-order chi connectivity index (χ0) is 16.7. The van der Waals surface area contributed by atoms with Gasteiger partial charge in [0, 0.05) is 0 Å². The SMILES string of the molecule is NS(=O)(=O)c1cc2c(cc1Cl)NCN(C(CO)CO)S2(=O)=O. The van der Waals surface area contributed by atoms with Crippen LogP contribution in [-0.2, 0) is 20.0 Å². The number of hydrogen-bond donors (Lipinski definition) is 4. The monoisotopic (exact) mass is 371 g/mol. The van der Waals surface area contributed by atoms with E-state index in [4.69, 9.17) is 27.0 Å². The van der Waals surface area contributed by atoms with E-state index in [1.54, 1.807) is 0 Å². The number of nitrogens with two attached hydrogens (primary N) is 1. The molecule has 1 heterocycles. The number of halogens is 1. The molecule has 0 aromatic heterocycles. The van der Waals surface area contributed by atoms with Gasteiger partial charge in [-0.2, -0.15) is 4.31 Å². The minimum absolute atomic E-state index is 0.114. The first kappa shape index (κ1) is 17.4. The van der Waals surface area contributed by atoms with Crippen molar-refractivity contribution in [2.75, 3.05) is 25.2 Å². The lowest BCUT2D eigenvalue weighted by molar-refractivity contribution is 0.126. The number of fused-ring (bicyclic) bond motifs is 1. The van der Waals surface area contributed by atoms with Crippen LogP contribution in [0, 0.1) is 0 Å².